The minimum absolute atomic E-state index is 0.0905. The van der Waals surface area contributed by atoms with Crippen molar-refractivity contribution in [2.24, 2.45) is 0 Å². The van der Waals surface area contributed by atoms with Crippen LogP contribution in [0.2, 0.25) is 0 Å². The smallest absolute Gasteiger partial charge is 0.430 e. The van der Waals surface area contributed by atoms with E-state index < -0.39 is 43.8 Å². The maximum atomic E-state index is 15.2. The summed E-state index contributed by atoms with van der Waals surface area (Å²) >= 11 is 1.01. The van der Waals surface area contributed by atoms with Gasteiger partial charge in [-0.25, -0.2) is 27.0 Å². The number of halogens is 2. The number of benzene rings is 2. The number of thiazole rings is 1. The molecule has 7 nitrogen and oxygen atoms in total. The van der Waals surface area contributed by atoms with Crippen molar-refractivity contribution in [1.29, 1.82) is 0 Å². The number of anilines is 2. The maximum absolute atomic E-state index is 15.2. The Kier molecular flexibility index (Phi) is 6.11. The summed E-state index contributed by atoms with van der Waals surface area (Å²) in [6.07, 6.45) is 0.202. The molecular formula is C23H23F2N3O4S2. The van der Waals surface area contributed by atoms with E-state index >= 15 is 8.78 Å². The summed E-state index contributed by atoms with van der Waals surface area (Å²) in [5, 5.41) is 4.39. The highest BCUT2D eigenvalue weighted by atomic mass is 32.2. The second-order valence-electron chi connectivity index (χ2n) is 8.94. The van der Waals surface area contributed by atoms with Gasteiger partial charge in [0.15, 0.2) is 10.7 Å². The molecule has 0 unspecified atom stereocenters. The number of ether oxygens (including phenoxy) is 1. The average molecular weight is 508 g/mol. The minimum Gasteiger partial charge on any atom is -0.443 e. The second kappa shape index (κ2) is 8.62. The van der Waals surface area contributed by atoms with Crippen molar-refractivity contribution in [2.75, 3.05) is 9.62 Å². The third-order valence-corrected chi connectivity index (χ3v) is 7.44. The van der Waals surface area contributed by atoms with Crippen LogP contribution in [0.4, 0.5) is 25.1 Å². The van der Waals surface area contributed by atoms with E-state index in [4.69, 9.17) is 4.74 Å². The zero-order chi connectivity index (χ0) is 24.7. The van der Waals surface area contributed by atoms with Gasteiger partial charge in [0.2, 0.25) is 0 Å². The van der Waals surface area contributed by atoms with Gasteiger partial charge in [-0.2, -0.15) is 0 Å². The number of rotatable bonds is 6. The highest BCUT2D eigenvalue weighted by Crippen LogP contribution is 2.48. The van der Waals surface area contributed by atoms with Crippen LogP contribution in [-0.2, 0) is 20.3 Å². The lowest BCUT2D eigenvalue weighted by Crippen LogP contribution is -2.41. The van der Waals surface area contributed by atoms with E-state index in [1.807, 2.05) is 30.3 Å². The first-order valence-electron chi connectivity index (χ1n) is 10.4. The fraction of sp³-hybridized carbons (Fsp3) is 0.304. The van der Waals surface area contributed by atoms with Gasteiger partial charge in [0.05, 0.1) is 11.0 Å². The molecule has 1 aliphatic rings. The van der Waals surface area contributed by atoms with Crippen LogP contribution >= 0.6 is 11.3 Å². The van der Waals surface area contributed by atoms with E-state index in [1.54, 1.807) is 20.8 Å². The summed E-state index contributed by atoms with van der Waals surface area (Å²) < 4.78 is 62.3. The molecule has 0 atom stereocenters. The first-order chi connectivity index (χ1) is 15.9. The number of nitrogens with one attached hydrogen (secondary N) is 1. The Morgan fingerprint density at radius 2 is 1.76 bits per heavy atom. The molecule has 1 N–H and O–H groups in total. The van der Waals surface area contributed by atoms with Crippen LogP contribution in [0.25, 0.3) is 0 Å². The summed E-state index contributed by atoms with van der Waals surface area (Å²) in [4.78, 5) is 15.3. The Hall–Kier alpha value is -3.05. The van der Waals surface area contributed by atoms with E-state index in [2.05, 4.69) is 10.3 Å². The molecule has 0 aliphatic heterocycles. The quantitative estimate of drug-likeness (QED) is 0.464. The van der Waals surface area contributed by atoms with Gasteiger partial charge in [-0.05, 0) is 51.3 Å². The maximum Gasteiger partial charge on any atom is 0.430 e. The lowest BCUT2D eigenvalue weighted by atomic mass is 10.0. The third kappa shape index (κ3) is 4.76. The van der Waals surface area contributed by atoms with Gasteiger partial charge in [-0.1, -0.05) is 30.3 Å². The molecule has 3 aromatic rings. The number of carbonyl (C=O) groups is 1. The number of nitrogens with zero attached hydrogens (tertiary/aromatic N) is 2. The molecule has 1 fully saturated rings. The second-order valence-corrected chi connectivity index (χ2v) is 11.4. The third-order valence-electron chi connectivity index (χ3n) is 5.14. The molecule has 0 bridgehead atoms. The van der Waals surface area contributed by atoms with E-state index in [1.165, 1.54) is 10.9 Å². The number of carbonyl (C=O) groups excluding carboxylic acids is 1. The Morgan fingerprint density at radius 3 is 2.26 bits per heavy atom. The fourth-order valence-corrected chi connectivity index (χ4v) is 5.50. The average Bonchev–Trinajstić information content (AvgIpc) is 3.30. The van der Waals surface area contributed by atoms with Crippen molar-refractivity contribution in [3.8, 4) is 0 Å². The van der Waals surface area contributed by atoms with E-state index in [0.29, 0.717) is 0 Å². The van der Waals surface area contributed by atoms with Crippen LogP contribution in [0.15, 0.2) is 58.3 Å². The van der Waals surface area contributed by atoms with Gasteiger partial charge in [-0.3, -0.25) is 0 Å². The van der Waals surface area contributed by atoms with E-state index in [-0.39, 0.29) is 15.8 Å². The van der Waals surface area contributed by atoms with Gasteiger partial charge >= 0.3 is 6.09 Å². The fourth-order valence-electron chi connectivity index (χ4n) is 3.54. The summed E-state index contributed by atoms with van der Waals surface area (Å²) in [5.41, 5.74) is 0.825. The number of sulfonamides is 1. The topological polar surface area (TPSA) is 88.6 Å². The summed E-state index contributed by atoms with van der Waals surface area (Å²) in [6.45, 7) is 4.62. The Balaban J connectivity index is 1.71. The molecule has 1 saturated carbocycles. The number of hydrogen-bond acceptors (Lipinski definition) is 7. The van der Waals surface area contributed by atoms with Gasteiger partial charge in [0.25, 0.3) is 10.0 Å². The molecule has 0 saturated heterocycles. The molecule has 11 heteroatoms. The monoisotopic (exact) mass is 507 g/mol. The number of hydrogen-bond donors (Lipinski definition) is 1. The highest BCUT2D eigenvalue weighted by Gasteiger charge is 2.45. The van der Waals surface area contributed by atoms with Gasteiger partial charge in [0.1, 0.15) is 17.2 Å². The van der Waals surface area contributed by atoms with Crippen LogP contribution in [-0.4, -0.2) is 25.1 Å². The Morgan fingerprint density at radius 1 is 1.15 bits per heavy atom. The van der Waals surface area contributed by atoms with Crippen molar-refractivity contribution >= 4 is 39.0 Å². The first kappa shape index (κ1) is 24.1. The molecule has 0 spiro atoms. The van der Waals surface area contributed by atoms with Gasteiger partial charge in [-0.15, -0.1) is 15.6 Å². The molecule has 4 rings (SSSR count). The zero-order valence-electron chi connectivity index (χ0n) is 18.7. The lowest BCUT2D eigenvalue weighted by Gasteiger charge is -2.26. The van der Waals surface area contributed by atoms with Crippen LogP contribution < -0.4 is 9.62 Å². The molecular weight excluding hydrogens is 484 g/mol. The summed E-state index contributed by atoms with van der Waals surface area (Å²) in [5.74, 6) is -2.99. The van der Waals surface area contributed by atoms with Crippen molar-refractivity contribution in [2.45, 2.75) is 49.6 Å². The molecule has 180 valence electrons. The molecule has 0 radical (unpaired) electrons. The summed E-state index contributed by atoms with van der Waals surface area (Å²) in [7, 11) is -5.03. The predicted octanol–water partition coefficient (Wildman–Crippen LogP) is 5.65. The van der Waals surface area contributed by atoms with Crippen LogP contribution in [0, 0.1) is 11.6 Å². The normalized spacial score (nSPS) is 15.0. The van der Waals surface area contributed by atoms with Gasteiger partial charge in [0, 0.05) is 11.1 Å². The standard InChI is InChI=1S/C23H23F2N3O4S2/c1-22(2,3)32-21(29)28(19-13-33-14-26-19)34(30,31)20-17(24)11-16(12-18(20)25)27-23(9-10-23)15-7-5-4-6-8-15/h4-8,11-14,27H,9-10H2,1-3H3. The number of aromatic nitrogens is 1. The Bertz CT molecular complexity index is 1280. The van der Waals surface area contributed by atoms with Crippen molar-refractivity contribution in [3.05, 3.63) is 70.6 Å². The molecule has 1 heterocycles. The summed E-state index contributed by atoms with van der Waals surface area (Å²) in [6, 6.07) is 11.3. The lowest BCUT2D eigenvalue weighted by molar-refractivity contribution is 0.0608. The van der Waals surface area contributed by atoms with Crippen LogP contribution in [0.3, 0.4) is 0 Å². The Labute approximate surface area is 200 Å². The van der Waals surface area contributed by atoms with Crippen molar-refractivity contribution in [1.82, 2.24) is 4.98 Å². The van der Waals surface area contributed by atoms with Crippen molar-refractivity contribution < 1.29 is 26.7 Å². The predicted molar refractivity (Wildman–Crippen MR) is 125 cm³/mol. The molecule has 1 aliphatic carbocycles. The van der Waals surface area contributed by atoms with Crippen LogP contribution in [0.1, 0.15) is 39.2 Å². The molecule has 1 aromatic heterocycles. The van der Waals surface area contributed by atoms with E-state index in [0.717, 1.165) is 41.9 Å². The molecule has 2 aromatic carbocycles. The molecule has 34 heavy (non-hydrogen) atoms. The zero-order valence-corrected chi connectivity index (χ0v) is 20.3. The first-order valence-corrected chi connectivity index (χ1v) is 12.8. The largest absolute Gasteiger partial charge is 0.443 e. The SMILES string of the molecule is CC(C)(C)OC(=O)N(c1cscn1)S(=O)(=O)c1c(F)cc(NC2(c3ccccc3)CC2)cc1F. The van der Waals surface area contributed by atoms with Gasteiger partial charge < -0.3 is 10.1 Å². The highest BCUT2D eigenvalue weighted by molar-refractivity contribution is 7.93. The molecule has 1 amide bonds. The van der Waals surface area contributed by atoms with E-state index in [9.17, 15) is 13.2 Å². The van der Waals surface area contributed by atoms with Crippen LogP contribution in [0.5, 0.6) is 0 Å². The minimum atomic E-state index is -5.03. The number of amides is 1. The van der Waals surface area contributed by atoms with Crippen molar-refractivity contribution in [3.63, 3.8) is 0 Å².